The molecule has 140 valence electrons. The van der Waals surface area contributed by atoms with Crippen LogP contribution in [0.15, 0.2) is 29.3 Å². The van der Waals surface area contributed by atoms with Gasteiger partial charge in [0.05, 0.1) is 19.8 Å². The first-order valence-corrected chi connectivity index (χ1v) is 9.05. The Hall–Kier alpha value is -1.79. The lowest BCUT2D eigenvalue weighted by molar-refractivity contribution is 0.0698. The van der Waals surface area contributed by atoms with Gasteiger partial charge < -0.3 is 24.8 Å². The van der Waals surface area contributed by atoms with Crippen molar-refractivity contribution in [1.29, 1.82) is 0 Å². The van der Waals surface area contributed by atoms with Crippen LogP contribution in [0.2, 0.25) is 0 Å². The average molecular weight is 349 g/mol. The van der Waals surface area contributed by atoms with Gasteiger partial charge >= 0.3 is 0 Å². The summed E-state index contributed by atoms with van der Waals surface area (Å²) in [5, 5.41) is 6.64. The van der Waals surface area contributed by atoms with E-state index < -0.39 is 0 Å². The maximum Gasteiger partial charge on any atom is 0.191 e. The molecule has 0 radical (unpaired) electrons. The quantitative estimate of drug-likeness (QED) is 0.344. The first-order valence-electron chi connectivity index (χ1n) is 9.05. The molecule has 0 aromatic heterocycles. The van der Waals surface area contributed by atoms with Crippen molar-refractivity contribution >= 4 is 5.96 Å². The second-order valence-corrected chi connectivity index (χ2v) is 6.17. The van der Waals surface area contributed by atoms with Crippen LogP contribution in [-0.4, -0.2) is 53.1 Å². The van der Waals surface area contributed by atoms with Crippen molar-refractivity contribution in [3.63, 3.8) is 0 Å². The van der Waals surface area contributed by atoms with Crippen LogP contribution in [0, 0.1) is 5.92 Å². The predicted molar refractivity (Wildman–Crippen MR) is 100 cm³/mol. The van der Waals surface area contributed by atoms with Crippen LogP contribution >= 0.6 is 0 Å². The summed E-state index contributed by atoms with van der Waals surface area (Å²) >= 11 is 0. The second-order valence-electron chi connectivity index (χ2n) is 6.17. The summed E-state index contributed by atoms with van der Waals surface area (Å²) in [6.45, 7) is 4.32. The highest BCUT2D eigenvalue weighted by Crippen LogP contribution is 2.30. The Morgan fingerprint density at radius 2 is 2.00 bits per heavy atom. The molecular formula is C19H31N3O3. The molecule has 0 amide bonds. The van der Waals surface area contributed by atoms with Gasteiger partial charge in [-0.15, -0.1) is 0 Å². The molecule has 0 unspecified atom stereocenters. The lowest BCUT2D eigenvalue weighted by Crippen LogP contribution is -2.37. The van der Waals surface area contributed by atoms with Gasteiger partial charge in [0.25, 0.3) is 0 Å². The van der Waals surface area contributed by atoms with E-state index in [1.54, 1.807) is 14.2 Å². The van der Waals surface area contributed by atoms with Crippen LogP contribution in [0.4, 0.5) is 0 Å². The van der Waals surface area contributed by atoms with Crippen LogP contribution < -0.4 is 15.4 Å². The summed E-state index contributed by atoms with van der Waals surface area (Å²) < 4.78 is 16.3. The molecule has 1 aliphatic carbocycles. The predicted octanol–water partition coefficient (Wildman–Crippen LogP) is 2.19. The molecule has 0 heterocycles. The van der Waals surface area contributed by atoms with Crippen molar-refractivity contribution in [3.05, 3.63) is 29.8 Å². The number of methoxy groups -OCH3 is 1. The number of benzene rings is 1. The summed E-state index contributed by atoms with van der Waals surface area (Å²) in [5.74, 6) is 2.50. The van der Waals surface area contributed by atoms with Crippen molar-refractivity contribution in [3.8, 4) is 5.75 Å². The fourth-order valence-electron chi connectivity index (χ4n) is 2.31. The minimum Gasteiger partial charge on any atom is -0.493 e. The molecule has 0 aliphatic heterocycles. The van der Waals surface area contributed by atoms with E-state index in [9.17, 15) is 0 Å². The van der Waals surface area contributed by atoms with Crippen molar-refractivity contribution in [2.24, 2.45) is 10.9 Å². The number of aliphatic imine (C=N–C) groups is 1. The highest BCUT2D eigenvalue weighted by Gasteiger charge is 2.22. The molecule has 1 aromatic carbocycles. The third kappa shape index (κ3) is 8.23. The highest BCUT2D eigenvalue weighted by atomic mass is 16.5. The van der Waals surface area contributed by atoms with E-state index in [4.69, 9.17) is 14.2 Å². The number of nitrogens with one attached hydrogen (secondary N) is 2. The normalized spacial score (nSPS) is 14.4. The van der Waals surface area contributed by atoms with Gasteiger partial charge in [0.1, 0.15) is 5.75 Å². The third-order valence-corrected chi connectivity index (χ3v) is 4.00. The first-order chi connectivity index (χ1) is 12.3. The monoisotopic (exact) mass is 349 g/mol. The van der Waals surface area contributed by atoms with Crippen molar-refractivity contribution in [2.75, 3.05) is 47.1 Å². The number of guanidine groups is 1. The van der Waals surface area contributed by atoms with Gasteiger partial charge in [-0.3, -0.25) is 4.99 Å². The van der Waals surface area contributed by atoms with E-state index in [2.05, 4.69) is 21.7 Å². The van der Waals surface area contributed by atoms with Crippen molar-refractivity contribution < 1.29 is 14.2 Å². The number of para-hydroxylation sites is 1. The maximum atomic E-state index is 5.95. The summed E-state index contributed by atoms with van der Waals surface area (Å²) in [7, 11) is 3.45. The Bertz CT molecular complexity index is 518. The van der Waals surface area contributed by atoms with E-state index in [0.717, 1.165) is 42.8 Å². The molecule has 6 heteroatoms. The molecule has 0 spiro atoms. The van der Waals surface area contributed by atoms with Gasteiger partial charge in [0.15, 0.2) is 5.96 Å². The second kappa shape index (κ2) is 11.7. The van der Waals surface area contributed by atoms with Crippen molar-refractivity contribution in [1.82, 2.24) is 10.6 Å². The van der Waals surface area contributed by atoms with E-state index in [1.165, 1.54) is 12.8 Å². The fourth-order valence-corrected chi connectivity index (χ4v) is 2.31. The molecular weight excluding hydrogens is 318 g/mol. The Kier molecular flexibility index (Phi) is 9.15. The van der Waals surface area contributed by atoms with Gasteiger partial charge in [0, 0.05) is 39.4 Å². The van der Waals surface area contributed by atoms with E-state index in [1.807, 2.05) is 18.2 Å². The summed E-state index contributed by atoms with van der Waals surface area (Å²) in [5.41, 5.74) is 1.15. The zero-order valence-electron chi connectivity index (χ0n) is 15.4. The molecule has 0 saturated heterocycles. The van der Waals surface area contributed by atoms with Gasteiger partial charge in [-0.25, -0.2) is 0 Å². The lowest BCUT2D eigenvalue weighted by atomic mass is 10.2. The Morgan fingerprint density at radius 3 is 2.76 bits per heavy atom. The van der Waals surface area contributed by atoms with Gasteiger partial charge in [0.2, 0.25) is 0 Å². The Labute approximate surface area is 151 Å². The fraction of sp³-hybridized carbons (Fsp3) is 0.632. The van der Waals surface area contributed by atoms with E-state index >= 15 is 0 Å². The topological polar surface area (TPSA) is 64.1 Å². The summed E-state index contributed by atoms with van der Waals surface area (Å²) in [6, 6.07) is 8.18. The largest absolute Gasteiger partial charge is 0.493 e. The molecule has 6 nitrogen and oxygen atoms in total. The highest BCUT2D eigenvalue weighted by molar-refractivity contribution is 5.79. The SMILES string of the molecule is CN=C(NCCCOCCOC)NCc1ccccc1OCC1CC1. The van der Waals surface area contributed by atoms with Gasteiger partial charge in [-0.2, -0.15) is 0 Å². The summed E-state index contributed by atoms with van der Waals surface area (Å²) in [4.78, 5) is 4.26. The lowest BCUT2D eigenvalue weighted by Gasteiger charge is -2.15. The van der Waals surface area contributed by atoms with Gasteiger partial charge in [-0.1, -0.05) is 18.2 Å². The Morgan fingerprint density at radius 1 is 1.16 bits per heavy atom. The standard InChI is InChI=1S/C19H31N3O3/c1-20-19(21-10-5-11-24-13-12-23-2)22-14-17-6-3-4-7-18(17)25-15-16-8-9-16/h3-4,6-7,16H,5,8-15H2,1-2H3,(H2,20,21,22). The number of hydrogen-bond donors (Lipinski definition) is 2. The number of ether oxygens (including phenoxy) is 3. The van der Waals surface area contributed by atoms with Crippen LogP contribution in [-0.2, 0) is 16.0 Å². The molecule has 2 rings (SSSR count). The van der Waals surface area contributed by atoms with Crippen molar-refractivity contribution in [2.45, 2.75) is 25.8 Å². The number of nitrogens with zero attached hydrogens (tertiary/aromatic N) is 1. The summed E-state index contributed by atoms with van der Waals surface area (Å²) in [6.07, 6.45) is 3.52. The zero-order valence-corrected chi connectivity index (χ0v) is 15.4. The molecule has 25 heavy (non-hydrogen) atoms. The van der Waals surface area contributed by atoms with Crippen LogP contribution in [0.25, 0.3) is 0 Å². The first kappa shape index (κ1) is 19.5. The molecule has 2 N–H and O–H groups in total. The van der Waals surface area contributed by atoms with Crippen LogP contribution in [0.1, 0.15) is 24.8 Å². The minimum absolute atomic E-state index is 0.638. The number of hydrogen-bond acceptors (Lipinski definition) is 4. The van der Waals surface area contributed by atoms with Crippen LogP contribution in [0.5, 0.6) is 5.75 Å². The smallest absolute Gasteiger partial charge is 0.191 e. The van der Waals surface area contributed by atoms with Gasteiger partial charge in [-0.05, 0) is 31.2 Å². The maximum absolute atomic E-state index is 5.95. The molecule has 1 aliphatic rings. The average Bonchev–Trinajstić information content (AvgIpc) is 3.47. The molecule has 1 saturated carbocycles. The molecule has 0 atom stereocenters. The van der Waals surface area contributed by atoms with Crippen LogP contribution in [0.3, 0.4) is 0 Å². The third-order valence-electron chi connectivity index (χ3n) is 4.00. The molecule has 1 fully saturated rings. The molecule has 1 aromatic rings. The molecule has 0 bridgehead atoms. The zero-order chi connectivity index (χ0) is 17.7. The van der Waals surface area contributed by atoms with E-state index in [0.29, 0.717) is 26.4 Å². The number of rotatable bonds is 12. The van der Waals surface area contributed by atoms with E-state index in [-0.39, 0.29) is 0 Å². The Balaban J connectivity index is 1.66. The minimum atomic E-state index is 0.638.